The lowest BCUT2D eigenvalue weighted by atomic mass is 9.92. The van der Waals surface area contributed by atoms with Crippen molar-refractivity contribution in [3.05, 3.63) is 22.3 Å². The highest BCUT2D eigenvalue weighted by Gasteiger charge is 2.31. The Kier molecular flexibility index (Phi) is 15.5. The van der Waals surface area contributed by atoms with Crippen LogP contribution in [0.1, 0.15) is 111 Å². The maximum Gasteiger partial charge on any atom is 0.339 e. The lowest BCUT2D eigenvalue weighted by Crippen LogP contribution is -2.18. The number of hydrogen-bond donors (Lipinski definition) is 2. The van der Waals surface area contributed by atoms with Gasteiger partial charge in [0.15, 0.2) is 0 Å². The smallest absolute Gasteiger partial charge is 0.339 e. The van der Waals surface area contributed by atoms with E-state index in [1.165, 1.54) is 13.8 Å². The first kappa shape index (κ1) is 32.7. The van der Waals surface area contributed by atoms with Crippen LogP contribution in [0.2, 0.25) is 0 Å². The van der Waals surface area contributed by atoms with E-state index in [2.05, 4.69) is 0 Å². The van der Waals surface area contributed by atoms with Gasteiger partial charge in [-0.2, -0.15) is 0 Å². The number of benzene rings is 1. The second-order valence-electron chi connectivity index (χ2n) is 8.89. The van der Waals surface area contributed by atoms with Crippen LogP contribution in [0, 0.1) is 0 Å². The minimum absolute atomic E-state index is 0.0550. The molecule has 10 nitrogen and oxygen atoms in total. The maximum atomic E-state index is 12.3. The molecule has 0 heterocycles. The third-order valence-corrected chi connectivity index (χ3v) is 5.92. The number of unbranched alkanes of at least 4 members (excludes halogenated alkanes) is 6. The molecule has 0 aliphatic rings. The molecule has 214 valence electrons. The predicted molar refractivity (Wildman–Crippen MR) is 140 cm³/mol. The summed E-state index contributed by atoms with van der Waals surface area (Å²) in [6, 6.07) is 0. The highest BCUT2D eigenvalue weighted by molar-refractivity contribution is 6.01. The molecule has 0 aromatic heterocycles. The number of hydrogen-bond acceptors (Lipinski definition) is 8. The van der Waals surface area contributed by atoms with Gasteiger partial charge in [0, 0.05) is 25.0 Å². The number of aromatic carboxylic acids is 2. The third kappa shape index (κ3) is 11.0. The Hall–Kier alpha value is -3.30. The van der Waals surface area contributed by atoms with Crippen molar-refractivity contribution in [2.45, 2.75) is 91.9 Å². The van der Waals surface area contributed by atoms with Crippen LogP contribution in [0.4, 0.5) is 0 Å². The van der Waals surface area contributed by atoms with Crippen LogP contribution in [0.3, 0.4) is 0 Å². The summed E-state index contributed by atoms with van der Waals surface area (Å²) in [6.07, 6.45) is 6.47. The first-order chi connectivity index (χ1) is 18.1. The average Bonchev–Trinajstić information content (AvgIpc) is 2.85. The maximum absolute atomic E-state index is 12.3. The van der Waals surface area contributed by atoms with Gasteiger partial charge in [-0.25, -0.2) is 9.59 Å². The Labute approximate surface area is 224 Å². The summed E-state index contributed by atoms with van der Waals surface area (Å²) in [7, 11) is 0. The average molecular weight is 539 g/mol. The first-order valence-corrected chi connectivity index (χ1v) is 13.4. The molecule has 1 aromatic rings. The highest BCUT2D eigenvalue weighted by atomic mass is 16.5. The number of esters is 2. The minimum Gasteiger partial charge on any atom is -0.492 e. The van der Waals surface area contributed by atoms with Crippen LogP contribution >= 0.6 is 0 Å². The molecule has 1 aromatic carbocycles. The van der Waals surface area contributed by atoms with Crippen LogP contribution in [-0.4, -0.2) is 60.5 Å². The van der Waals surface area contributed by atoms with Crippen LogP contribution in [0.5, 0.6) is 11.5 Å². The summed E-state index contributed by atoms with van der Waals surface area (Å²) in [5.41, 5.74) is 0.498. The molecular formula is C28H42O10. The lowest BCUT2D eigenvalue weighted by molar-refractivity contribution is -0.142. The normalized spacial score (nSPS) is 10.6. The number of carbonyl (C=O) groups is 4. The Bertz CT molecular complexity index is 863. The predicted octanol–water partition coefficient (Wildman–Crippen LogP) is 5.21. The zero-order valence-electron chi connectivity index (χ0n) is 23.1. The molecule has 10 heteroatoms. The summed E-state index contributed by atoms with van der Waals surface area (Å²) in [4.78, 5) is 46.3. The van der Waals surface area contributed by atoms with Gasteiger partial charge < -0.3 is 29.2 Å². The van der Waals surface area contributed by atoms with Crippen LogP contribution in [0.25, 0.3) is 0 Å². The van der Waals surface area contributed by atoms with Crippen molar-refractivity contribution in [1.82, 2.24) is 0 Å². The van der Waals surface area contributed by atoms with Crippen molar-refractivity contribution < 1.29 is 48.3 Å². The first-order valence-electron chi connectivity index (χ1n) is 13.4. The summed E-state index contributed by atoms with van der Waals surface area (Å²) in [5.74, 6) is -2.84. The number of carbonyl (C=O) groups excluding carboxylic acids is 2. The van der Waals surface area contributed by atoms with Crippen molar-refractivity contribution in [2.75, 3.05) is 26.4 Å². The topological polar surface area (TPSA) is 146 Å². The molecule has 0 amide bonds. The summed E-state index contributed by atoms with van der Waals surface area (Å²) < 4.78 is 21.7. The Morgan fingerprint density at radius 3 is 1.13 bits per heavy atom. The molecular weight excluding hydrogens is 496 g/mol. The molecule has 38 heavy (non-hydrogen) atoms. The molecule has 0 fully saturated rings. The quantitative estimate of drug-likeness (QED) is 0.167. The fourth-order valence-electron chi connectivity index (χ4n) is 4.14. The fraction of sp³-hybridized carbons (Fsp3) is 0.643. The van der Waals surface area contributed by atoms with Crippen molar-refractivity contribution >= 4 is 23.9 Å². The van der Waals surface area contributed by atoms with Gasteiger partial charge in [-0.15, -0.1) is 0 Å². The van der Waals surface area contributed by atoms with E-state index in [1.807, 2.05) is 0 Å². The molecule has 0 saturated heterocycles. The van der Waals surface area contributed by atoms with E-state index in [4.69, 9.17) is 18.9 Å². The number of ether oxygens (including phenoxy) is 4. The fourth-order valence-corrected chi connectivity index (χ4v) is 4.14. The molecule has 0 aliphatic heterocycles. The van der Waals surface area contributed by atoms with E-state index >= 15 is 0 Å². The SMILES string of the molecule is CCc1c(OCCCCCCOC(C)=O)c(C(=O)O)c(CC)c(OCCCCCCOC(C)=O)c1C(=O)O. The molecule has 0 bridgehead atoms. The molecule has 0 aliphatic carbocycles. The van der Waals surface area contributed by atoms with E-state index in [9.17, 15) is 29.4 Å². The molecule has 0 radical (unpaired) electrons. The largest absolute Gasteiger partial charge is 0.492 e. The molecule has 2 N–H and O–H groups in total. The molecule has 0 atom stereocenters. The lowest BCUT2D eigenvalue weighted by Gasteiger charge is -2.23. The second-order valence-corrected chi connectivity index (χ2v) is 8.89. The van der Waals surface area contributed by atoms with Crippen molar-refractivity contribution in [3.63, 3.8) is 0 Å². The molecule has 0 spiro atoms. The van der Waals surface area contributed by atoms with Crippen molar-refractivity contribution in [2.24, 2.45) is 0 Å². The van der Waals surface area contributed by atoms with Crippen molar-refractivity contribution in [3.8, 4) is 11.5 Å². The monoisotopic (exact) mass is 538 g/mol. The van der Waals surface area contributed by atoms with Crippen LogP contribution in [0.15, 0.2) is 0 Å². The molecule has 0 unspecified atom stereocenters. The van der Waals surface area contributed by atoms with E-state index < -0.39 is 11.9 Å². The molecule has 1 rings (SSSR count). The van der Waals surface area contributed by atoms with Gasteiger partial charge >= 0.3 is 23.9 Å². The standard InChI is InChI=1S/C28H42O10/c1-5-21-23(27(31)32)26(38-18-14-10-8-12-16-36-20(4)30)22(6-2)24(28(33)34)25(21)37-17-13-9-7-11-15-35-19(3)29/h5-18H2,1-4H3,(H,31,32)(H,33,34). The van der Waals surface area contributed by atoms with Gasteiger partial charge in [-0.1, -0.05) is 13.8 Å². The van der Waals surface area contributed by atoms with Gasteiger partial charge in [0.2, 0.25) is 0 Å². The van der Waals surface area contributed by atoms with Gasteiger partial charge in [0.05, 0.1) is 26.4 Å². The number of carboxylic acid groups (broad SMARTS) is 2. The summed E-state index contributed by atoms with van der Waals surface area (Å²) >= 11 is 0. The third-order valence-electron chi connectivity index (χ3n) is 5.92. The summed E-state index contributed by atoms with van der Waals surface area (Å²) in [6.45, 7) is 7.42. The van der Waals surface area contributed by atoms with E-state index in [0.29, 0.717) is 37.2 Å². The minimum atomic E-state index is -1.19. The van der Waals surface area contributed by atoms with Crippen LogP contribution < -0.4 is 9.47 Å². The van der Waals surface area contributed by atoms with E-state index in [0.717, 1.165) is 38.5 Å². The van der Waals surface area contributed by atoms with E-state index in [1.54, 1.807) is 13.8 Å². The highest BCUT2D eigenvalue weighted by Crippen LogP contribution is 2.40. The number of rotatable bonds is 20. The van der Waals surface area contributed by atoms with E-state index in [-0.39, 0.29) is 60.6 Å². The van der Waals surface area contributed by atoms with Gasteiger partial charge in [0.25, 0.3) is 0 Å². The Balaban J connectivity index is 3.00. The van der Waals surface area contributed by atoms with Crippen LogP contribution in [-0.2, 0) is 31.9 Å². The van der Waals surface area contributed by atoms with Crippen molar-refractivity contribution in [1.29, 1.82) is 0 Å². The Morgan fingerprint density at radius 1 is 0.553 bits per heavy atom. The zero-order chi connectivity index (χ0) is 28.5. The zero-order valence-corrected chi connectivity index (χ0v) is 23.1. The Morgan fingerprint density at radius 2 is 0.868 bits per heavy atom. The second kappa shape index (κ2) is 18.0. The van der Waals surface area contributed by atoms with Gasteiger partial charge in [-0.05, 0) is 64.2 Å². The molecule has 0 saturated carbocycles. The van der Waals surface area contributed by atoms with Gasteiger partial charge in [0.1, 0.15) is 22.6 Å². The van der Waals surface area contributed by atoms with Gasteiger partial charge in [-0.3, -0.25) is 9.59 Å². The number of carboxylic acids is 2. The summed E-state index contributed by atoms with van der Waals surface area (Å²) in [5, 5.41) is 20.1.